The average molecular weight is 288 g/mol. The number of aryl methyl sites for hydroxylation is 1. The first-order chi connectivity index (χ1) is 8.25. The van der Waals surface area contributed by atoms with Crippen LogP contribution in [0, 0.1) is 6.92 Å². The van der Waals surface area contributed by atoms with Gasteiger partial charge < -0.3 is 0 Å². The van der Waals surface area contributed by atoms with Crippen LogP contribution in [-0.4, -0.2) is 0 Å². The zero-order valence-corrected chi connectivity index (χ0v) is 11.4. The summed E-state index contributed by atoms with van der Waals surface area (Å²) in [6.45, 7) is 4.23. The van der Waals surface area contributed by atoms with Gasteiger partial charge in [-0.15, -0.1) is 0 Å². The number of halogens is 1. The molecule has 17 heavy (non-hydrogen) atoms. The maximum absolute atomic E-state index is 4.23. The van der Waals surface area contributed by atoms with Gasteiger partial charge in [-0.05, 0) is 48.9 Å². The van der Waals surface area contributed by atoms with E-state index in [4.69, 9.17) is 0 Å². The Kier molecular flexibility index (Phi) is 4.38. The van der Waals surface area contributed by atoms with Crippen molar-refractivity contribution in [2.75, 3.05) is 0 Å². The predicted octanol–water partition coefficient (Wildman–Crippen LogP) is 5.00. The molecule has 87 valence electrons. The van der Waals surface area contributed by atoms with E-state index in [2.05, 4.69) is 71.4 Å². The summed E-state index contributed by atoms with van der Waals surface area (Å²) in [5.74, 6) is 0.375. The van der Waals surface area contributed by atoms with Crippen LogP contribution in [0.1, 0.15) is 23.5 Å². The molecule has 0 aliphatic heterocycles. The molecule has 1 heteroatoms. The van der Waals surface area contributed by atoms with E-state index >= 15 is 0 Å². The number of hydrogen-bond donors (Lipinski definition) is 0. The Bertz CT molecular complexity index is 445. The van der Waals surface area contributed by atoms with Crippen LogP contribution in [0.15, 0.2) is 59.1 Å². The average Bonchev–Trinajstić information content (AvgIpc) is 2.39. The zero-order chi connectivity index (χ0) is 12.1. The molecule has 0 unspecified atom stereocenters. The lowest BCUT2D eigenvalue weighted by molar-refractivity contribution is 0.733. The summed E-state index contributed by atoms with van der Waals surface area (Å²) in [6.07, 6.45) is 2.17. The Morgan fingerprint density at radius 2 is 1.59 bits per heavy atom. The van der Waals surface area contributed by atoms with Crippen molar-refractivity contribution in [3.63, 3.8) is 0 Å². The molecule has 1 radical (unpaired) electrons. The lowest BCUT2D eigenvalue weighted by Crippen LogP contribution is -1.96. The Morgan fingerprint density at radius 1 is 0.941 bits per heavy atom. The minimum absolute atomic E-state index is 0.375. The van der Waals surface area contributed by atoms with Gasteiger partial charge in [-0.1, -0.05) is 58.4 Å². The lowest BCUT2D eigenvalue weighted by Gasteiger charge is -2.11. The highest BCUT2D eigenvalue weighted by atomic mass is 79.9. The summed E-state index contributed by atoms with van der Waals surface area (Å²) in [5, 5.41) is 0. The highest BCUT2D eigenvalue weighted by Crippen LogP contribution is 2.21. The maximum atomic E-state index is 4.23. The van der Waals surface area contributed by atoms with Gasteiger partial charge in [0.25, 0.3) is 0 Å². The van der Waals surface area contributed by atoms with Crippen molar-refractivity contribution < 1.29 is 0 Å². The molecule has 0 aliphatic rings. The van der Waals surface area contributed by atoms with Gasteiger partial charge in [-0.3, -0.25) is 0 Å². The zero-order valence-electron chi connectivity index (χ0n) is 9.77. The Morgan fingerprint density at radius 3 is 2.24 bits per heavy atom. The van der Waals surface area contributed by atoms with Gasteiger partial charge in [0, 0.05) is 4.47 Å². The molecule has 0 saturated heterocycles. The van der Waals surface area contributed by atoms with Gasteiger partial charge >= 0.3 is 0 Å². The molecule has 2 aromatic carbocycles. The second-order valence-corrected chi connectivity index (χ2v) is 5.19. The Balaban J connectivity index is 1.92. The molecule has 0 bridgehead atoms. The number of benzene rings is 2. The highest BCUT2D eigenvalue weighted by Gasteiger charge is 2.05. The van der Waals surface area contributed by atoms with E-state index in [1.165, 1.54) is 11.1 Å². The van der Waals surface area contributed by atoms with Crippen molar-refractivity contribution in [3.05, 3.63) is 77.1 Å². The molecular formula is C16H16Br. The van der Waals surface area contributed by atoms with Gasteiger partial charge in [0.1, 0.15) is 0 Å². The van der Waals surface area contributed by atoms with E-state index in [0.29, 0.717) is 5.92 Å². The summed E-state index contributed by atoms with van der Waals surface area (Å²) < 4.78 is 1.13. The summed E-state index contributed by atoms with van der Waals surface area (Å²) in [6, 6.07) is 19.0. The van der Waals surface area contributed by atoms with Gasteiger partial charge in [-0.25, -0.2) is 0 Å². The van der Waals surface area contributed by atoms with Crippen molar-refractivity contribution >= 4 is 15.9 Å². The van der Waals surface area contributed by atoms with Crippen LogP contribution < -0.4 is 0 Å². The second kappa shape index (κ2) is 6.02. The van der Waals surface area contributed by atoms with Gasteiger partial charge in [0.2, 0.25) is 0 Å². The van der Waals surface area contributed by atoms with Gasteiger partial charge in [-0.2, -0.15) is 0 Å². The van der Waals surface area contributed by atoms with E-state index < -0.39 is 0 Å². The van der Waals surface area contributed by atoms with Crippen LogP contribution in [0.5, 0.6) is 0 Å². The number of hydrogen-bond acceptors (Lipinski definition) is 0. The quantitative estimate of drug-likeness (QED) is 0.742. The Labute approximate surface area is 112 Å². The van der Waals surface area contributed by atoms with Crippen molar-refractivity contribution in [2.45, 2.75) is 18.8 Å². The summed E-state index contributed by atoms with van der Waals surface area (Å²) in [7, 11) is 0. The standard InChI is InChI=1S/C16H16Br/c1-13(15-5-3-2-4-6-15)7-8-14-9-11-16(17)12-10-14/h2-6,9-13H,1,7-8H2/t13-/m0/s1. The first-order valence-corrected chi connectivity index (χ1v) is 6.67. The summed E-state index contributed by atoms with van der Waals surface area (Å²) in [5.41, 5.74) is 2.70. The normalized spacial score (nSPS) is 12.4. The molecule has 0 fully saturated rings. The molecule has 0 aromatic heterocycles. The van der Waals surface area contributed by atoms with E-state index in [0.717, 1.165) is 17.3 Å². The Hall–Kier alpha value is -1.08. The van der Waals surface area contributed by atoms with Crippen molar-refractivity contribution in [2.24, 2.45) is 0 Å². The second-order valence-electron chi connectivity index (χ2n) is 4.27. The van der Waals surface area contributed by atoms with Crippen molar-refractivity contribution in [1.29, 1.82) is 0 Å². The number of rotatable bonds is 4. The van der Waals surface area contributed by atoms with E-state index in [9.17, 15) is 0 Å². The van der Waals surface area contributed by atoms with Crippen LogP contribution in [0.4, 0.5) is 0 Å². The maximum Gasteiger partial charge on any atom is 0.0175 e. The van der Waals surface area contributed by atoms with Gasteiger partial charge in [0.15, 0.2) is 0 Å². The van der Waals surface area contributed by atoms with Crippen LogP contribution in [0.25, 0.3) is 0 Å². The van der Waals surface area contributed by atoms with Crippen LogP contribution in [-0.2, 0) is 6.42 Å². The van der Waals surface area contributed by atoms with E-state index in [1.807, 2.05) is 6.07 Å². The van der Waals surface area contributed by atoms with Crippen LogP contribution in [0.3, 0.4) is 0 Å². The fraction of sp³-hybridized carbons (Fsp3) is 0.188. The third-order valence-corrected chi connectivity index (χ3v) is 3.49. The highest BCUT2D eigenvalue weighted by molar-refractivity contribution is 9.10. The molecule has 2 aromatic rings. The topological polar surface area (TPSA) is 0 Å². The van der Waals surface area contributed by atoms with Crippen LogP contribution in [0.2, 0.25) is 0 Å². The third-order valence-electron chi connectivity index (χ3n) is 2.97. The fourth-order valence-corrected chi connectivity index (χ4v) is 2.15. The molecule has 0 spiro atoms. The van der Waals surface area contributed by atoms with Crippen molar-refractivity contribution in [1.82, 2.24) is 0 Å². The molecule has 1 atom stereocenters. The molecule has 0 heterocycles. The van der Waals surface area contributed by atoms with E-state index in [-0.39, 0.29) is 0 Å². The minimum Gasteiger partial charge on any atom is -0.0622 e. The first kappa shape index (κ1) is 12.4. The SMILES string of the molecule is [CH2][C@@H](CCc1ccc(Br)cc1)c1ccccc1. The molecular weight excluding hydrogens is 272 g/mol. The molecule has 2 rings (SSSR count). The fourth-order valence-electron chi connectivity index (χ4n) is 1.88. The molecule has 0 amide bonds. The van der Waals surface area contributed by atoms with Crippen molar-refractivity contribution in [3.8, 4) is 0 Å². The van der Waals surface area contributed by atoms with E-state index in [1.54, 1.807) is 0 Å². The predicted molar refractivity (Wildman–Crippen MR) is 77.0 cm³/mol. The smallest absolute Gasteiger partial charge is 0.0175 e. The third kappa shape index (κ3) is 3.71. The monoisotopic (exact) mass is 287 g/mol. The molecule has 0 nitrogen and oxygen atoms in total. The summed E-state index contributed by atoms with van der Waals surface area (Å²) in [4.78, 5) is 0. The van der Waals surface area contributed by atoms with Crippen LogP contribution >= 0.6 is 15.9 Å². The molecule has 0 aliphatic carbocycles. The molecule has 0 N–H and O–H groups in total. The lowest BCUT2D eigenvalue weighted by atomic mass is 9.94. The van der Waals surface area contributed by atoms with Gasteiger partial charge in [0.05, 0.1) is 0 Å². The molecule has 0 saturated carbocycles. The summed E-state index contributed by atoms with van der Waals surface area (Å²) >= 11 is 3.45. The largest absolute Gasteiger partial charge is 0.0622 e. The first-order valence-electron chi connectivity index (χ1n) is 5.88. The minimum atomic E-state index is 0.375.